The van der Waals surface area contributed by atoms with Gasteiger partial charge in [-0.1, -0.05) is 127 Å². The highest BCUT2D eigenvalue weighted by Gasteiger charge is 2.27. The summed E-state index contributed by atoms with van der Waals surface area (Å²) in [6.07, 6.45) is 42.4. The second-order valence-corrected chi connectivity index (χ2v) is 15.5. The lowest BCUT2D eigenvalue weighted by Crippen LogP contribution is -2.50. The van der Waals surface area contributed by atoms with E-state index in [1.807, 2.05) is 0 Å². The fourth-order valence-corrected chi connectivity index (χ4v) is 6.76. The van der Waals surface area contributed by atoms with Gasteiger partial charge in [0, 0.05) is 32.4 Å². The fraction of sp³-hybridized carbons (Fsp3) is 0.766. The maximum Gasteiger partial charge on any atom is 0.305 e. The van der Waals surface area contributed by atoms with Crippen molar-refractivity contribution in [2.75, 3.05) is 45.9 Å². The molecule has 2 N–H and O–H groups in total. The van der Waals surface area contributed by atoms with E-state index >= 15 is 0 Å². The molecule has 0 saturated carbocycles. The van der Waals surface area contributed by atoms with Crippen LogP contribution in [0, 0.1) is 0 Å². The quantitative estimate of drug-likeness (QED) is 0.0366. The van der Waals surface area contributed by atoms with Gasteiger partial charge in [-0.15, -0.1) is 0 Å². The third kappa shape index (κ3) is 32.3. The zero-order valence-electron chi connectivity index (χ0n) is 35.7. The predicted molar refractivity (Wildman–Crippen MR) is 230 cm³/mol. The van der Waals surface area contributed by atoms with Crippen LogP contribution in [-0.2, 0) is 23.9 Å². The molecule has 1 aliphatic heterocycles. The summed E-state index contributed by atoms with van der Waals surface area (Å²) < 4.78 is 11.0. The molecule has 1 rings (SSSR count). The molecule has 0 aromatic heterocycles. The van der Waals surface area contributed by atoms with Crippen LogP contribution in [0.3, 0.4) is 0 Å². The first-order valence-electron chi connectivity index (χ1n) is 22.6. The molecule has 322 valence electrons. The van der Waals surface area contributed by atoms with E-state index in [0.717, 1.165) is 89.9 Å². The number of ether oxygens (including phenoxy) is 2. The van der Waals surface area contributed by atoms with E-state index in [4.69, 9.17) is 9.47 Å². The fourth-order valence-electron chi connectivity index (χ4n) is 6.76. The number of allylic oxidation sites excluding steroid dienone is 8. The molecule has 1 fully saturated rings. The van der Waals surface area contributed by atoms with Crippen molar-refractivity contribution in [3.05, 3.63) is 48.6 Å². The molecule has 1 saturated heterocycles. The third-order valence-electron chi connectivity index (χ3n) is 10.1. The van der Waals surface area contributed by atoms with Crippen molar-refractivity contribution in [1.82, 2.24) is 9.80 Å². The summed E-state index contributed by atoms with van der Waals surface area (Å²) in [5.74, 6) is -0.760. The van der Waals surface area contributed by atoms with Crippen molar-refractivity contribution >= 4 is 17.8 Å². The van der Waals surface area contributed by atoms with Crippen LogP contribution in [0.5, 0.6) is 0 Å². The molecule has 56 heavy (non-hydrogen) atoms. The number of esters is 2. The minimum absolute atomic E-state index is 0.0218. The van der Waals surface area contributed by atoms with Crippen LogP contribution in [0.15, 0.2) is 48.6 Å². The summed E-state index contributed by atoms with van der Waals surface area (Å²) in [7, 11) is 0. The largest absolute Gasteiger partial charge is 0.464 e. The second kappa shape index (κ2) is 37.8. The normalized spacial score (nSPS) is 16.5. The monoisotopic (exact) mass is 787 g/mol. The molecule has 9 nitrogen and oxygen atoms in total. The summed E-state index contributed by atoms with van der Waals surface area (Å²) >= 11 is 0. The van der Waals surface area contributed by atoms with Crippen molar-refractivity contribution in [1.29, 1.82) is 0 Å². The Kier molecular flexibility index (Phi) is 34.6. The van der Waals surface area contributed by atoms with E-state index in [2.05, 4.69) is 62.5 Å². The van der Waals surface area contributed by atoms with Gasteiger partial charge in [-0.25, -0.2) is 0 Å². The zero-order valence-corrected chi connectivity index (χ0v) is 35.7. The molecule has 2 atom stereocenters. The summed E-state index contributed by atoms with van der Waals surface area (Å²) in [6.45, 7) is 5.60. The summed E-state index contributed by atoms with van der Waals surface area (Å²) in [5.41, 5.74) is 0. The molecule has 0 spiro atoms. The van der Waals surface area contributed by atoms with Gasteiger partial charge >= 0.3 is 11.9 Å². The number of nitrogens with zero attached hydrogens (tertiary/aromatic N) is 2. The summed E-state index contributed by atoms with van der Waals surface area (Å²) in [5, 5.41) is 20.1. The first-order chi connectivity index (χ1) is 27.3. The van der Waals surface area contributed by atoms with E-state index in [1.165, 1.54) is 51.4 Å². The molecule has 0 aromatic rings. The number of carbonyl (C=O) groups is 3. The van der Waals surface area contributed by atoms with Crippen molar-refractivity contribution < 1.29 is 34.1 Å². The number of carbonyl (C=O) groups excluding carboxylic acids is 3. The molecule has 1 heterocycles. The van der Waals surface area contributed by atoms with Crippen LogP contribution in [-0.4, -0.2) is 96.0 Å². The molecule has 1 aliphatic rings. The topological polar surface area (TPSA) is 117 Å². The van der Waals surface area contributed by atoms with Gasteiger partial charge in [-0.05, 0) is 77.0 Å². The highest BCUT2D eigenvalue weighted by Crippen LogP contribution is 2.13. The van der Waals surface area contributed by atoms with Gasteiger partial charge in [0.05, 0.1) is 31.8 Å². The van der Waals surface area contributed by atoms with Crippen molar-refractivity contribution in [2.24, 2.45) is 0 Å². The SMILES string of the molecule is CCCCC/C=C\C/C=C\CCCCCCCC(=O)OCCN(CCOC(=O)CCCCCCC/C=C\C/C=C\CCCCC)C(=O)CN1CC(O)CC(O)C1. The molecular weight excluding hydrogens is 705 g/mol. The van der Waals surface area contributed by atoms with Gasteiger partial charge < -0.3 is 24.6 Å². The standard InChI is InChI=1S/C47H82N2O7/c1-3-5-7-9-11-13-15-17-19-21-23-25-27-29-31-33-46(53)55-37-35-49(45(52)42-48-40-43(50)39-44(51)41-48)36-38-56-47(54)34-32-30-28-26-24-22-20-18-16-14-12-10-8-6-4-2/h11-14,17-20,43-44,50-51H,3-10,15-16,21-42H2,1-2H3/b13-11-,14-12-,19-17-,20-18-. The highest BCUT2D eigenvalue weighted by molar-refractivity contribution is 5.78. The van der Waals surface area contributed by atoms with Crippen molar-refractivity contribution in [3.63, 3.8) is 0 Å². The van der Waals surface area contributed by atoms with E-state index in [9.17, 15) is 24.6 Å². The number of β-amino-alcohol motifs (C(OH)–C–C–N with tert-alkyl or cyclic N) is 2. The summed E-state index contributed by atoms with van der Waals surface area (Å²) in [6, 6.07) is 0. The zero-order chi connectivity index (χ0) is 40.7. The lowest BCUT2D eigenvalue weighted by molar-refractivity contribution is -0.148. The van der Waals surface area contributed by atoms with Gasteiger partial charge in [0.15, 0.2) is 0 Å². The minimum atomic E-state index is -0.690. The number of piperidine rings is 1. The van der Waals surface area contributed by atoms with Crippen LogP contribution < -0.4 is 0 Å². The Balaban J connectivity index is 2.27. The highest BCUT2D eigenvalue weighted by atomic mass is 16.5. The number of aliphatic hydroxyl groups excluding tert-OH is 2. The number of amides is 1. The van der Waals surface area contributed by atoms with Crippen LogP contribution >= 0.6 is 0 Å². The van der Waals surface area contributed by atoms with E-state index in [1.54, 1.807) is 9.80 Å². The molecule has 0 aliphatic carbocycles. The smallest absolute Gasteiger partial charge is 0.305 e. The molecule has 2 unspecified atom stereocenters. The number of likely N-dealkylation sites (tertiary alicyclic amines) is 1. The Hall–Kier alpha value is -2.75. The van der Waals surface area contributed by atoms with Crippen molar-refractivity contribution in [2.45, 2.75) is 187 Å². The molecule has 1 amide bonds. The Labute approximate surface area is 342 Å². The predicted octanol–water partition coefficient (Wildman–Crippen LogP) is 9.96. The number of aliphatic hydroxyl groups is 2. The lowest BCUT2D eigenvalue weighted by Gasteiger charge is -2.34. The average molecular weight is 787 g/mol. The van der Waals surface area contributed by atoms with Crippen LogP contribution in [0.25, 0.3) is 0 Å². The van der Waals surface area contributed by atoms with Gasteiger partial charge in [0.25, 0.3) is 0 Å². The van der Waals surface area contributed by atoms with Crippen LogP contribution in [0.1, 0.15) is 174 Å². The van der Waals surface area contributed by atoms with Crippen LogP contribution in [0.2, 0.25) is 0 Å². The van der Waals surface area contributed by atoms with Crippen LogP contribution in [0.4, 0.5) is 0 Å². The molecule has 9 heteroatoms. The van der Waals surface area contributed by atoms with Gasteiger partial charge in [0.1, 0.15) is 13.2 Å². The molecule has 0 bridgehead atoms. The summed E-state index contributed by atoms with van der Waals surface area (Å²) in [4.78, 5) is 41.4. The average Bonchev–Trinajstić information content (AvgIpc) is 3.16. The van der Waals surface area contributed by atoms with Gasteiger partial charge in [0.2, 0.25) is 5.91 Å². The van der Waals surface area contributed by atoms with Crippen molar-refractivity contribution in [3.8, 4) is 0 Å². The Morgan fingerprint density at radius 2 is 0.929 bits per heavy atom. The second-order valence-electron chi connectivity index (χ2n) is 15.5. The third-order valence-corrected chi connectivity index (χ3v) is 10.1. The van der Waals surface area contributed by atoms with Gasteiger partial charge in [-0.3, -0.25) is 19.3 Å². The Morgan fingerprint density at radius 3 is 1.34 bits per heavy atom. The lowest BCUT2D eigenvalue weighted by atomic mass is 10.1. The number of rotatable bonds is 36. The number of hydrogen-bond acceptors (Lipinski definition) is 8. The number of hydrogen-bond donors (Lipinski definition) is 2. The Bertz CT molecular complexity index is 1010. The minimum Gasteiger partial charge on any atom is -0.464 e. The van der Waals surface area contributed by atoms with E-state index in [0.29, 0.717) is 32.4 Å². The molecule has 0 radical (unpaired) electrons. The maximum atomic E-state index is 13.3. The molecular formula is C47H82N2O7. The Morgan fingerprint density at radius 1 is 0.554 bits per heavy atom. The first-order valence-corrected chi connectivity index (χ1v) is 22.6. The number of unbranched alkanes of at least 4 members (excludes halogenated alkanes) is 16. The maximum absolute atomic E-state index is 13.3. The van der Waals surface area contributed by atoms with Gasteiger partial charge in [-0.2, -0.15) is 0 Å². The first kappa shape index (κ1) is 51.3. The molecule has 0 aromatic carbocycles. The van der Waals surface area contributed by atoms with E-state index < -0.39 is 12.2 Å². The van der Waals surface area contributed by atoms with E-state index in [-0.39, 0.29) is 50.7 Å².